The Labute approximate surface area is 228 Å². The predicted octanol–water partition coefficient (Wildman–Crippen LogP) is 9.26. The minimum atomic E-state index is -4.85. The van der Waals surface area contributed by atoms with Gasteiger partial charge in [-0.1, -0.05) is 63.3 Å². The zero-order chi connectivity index (χ0) is 29.3. The maximum Gasteiger partial charge on any atom is 0.419 e. The van der Waals surface area contributed by atoms with Gasteiger partial charge in [-0.05, 0) is 59.5 Å². The van der Waals surface area contributed by atoms with Crippen molar-refractivity contribution in [1.82, 2.24) is 0 Å². The number of halogens is 6. The topological polar surface area (TPSA) is 55.8 Å². The van der Waals surface area contributed by atoms with Crippen molar-refractivity contribution in [3.63, 3.8) is 0 Å². The summed E-state index contributed by atoms with van der Waals surface area (Å²) in [5, 5.41) is 9.03. The van der Waals surface area contributed by atoms with Gasteiger partial charge in [0.15, 0.2) is 6.61 Å². The second-order valence-corrected chi connectivity index (χ2v) is 9.30. The summed E-state index contributed by atoms with van der Waals surface area (Å²) >= 11 is 0. The molecule has 0 spiro atoms. The van der Waals surface area contributed by atoms with Crippen molar-refractivity contribution in [2.24, 2.45) is 0 Å². The second kappa shape index (κ2) is 13.6. The molecule has 0 amide bonds. The molecule has 216 valence electrons. The molecule has 4 nitrogen and oxygen atoms in total. The number of carboxylic acid groups (broad SMARTS) is 1. The molecule has 0 aliphatic heterocycles. The molecular weight excluding hydrogens is 538 g/mol. The molecule has 0 saturated heterocycles. The van der Waals surface area contributed by atoms with Crippen LogP contribution in [-0.4, -0.2) is 24.3 Å². The first-order valence-corrected chi connectivity index (χ1v) is 12.9. The molecule has 0 aliphatic rings. The zero-order valence-corrected chi connectivity index (χ0v) is 21.9. The third-order valence-corrected chi connectivity index (χ3v) is 6.17. The van der Waals surface area contributed by atoms with Gasteiger partial charge >= 0.3 is 18.3 Å². The lowest BCUT2D eigenvalue weighted by molar-refractivity contribution is -0.143. The summed E-state index contributed by atoms with van der Waals surface area (Å²) in [5.41, 5.74) is -1.50. The van der Waals surface area contributed by atoms with E-state index in [1.54, 1.807) is 0 Å². The molecule has 0 unspecified atom stereocenters. The van der Waals surface area contributed by atoms with Gasteiger partial charge in [0.25, 0.3) is 0 Å². The lowest BCUT2D eigenvalue weighted by Crippen LogP contribution is -2.14. The number of rotatable bonds is 13. The quantitative estimate of drug-likeness (QED) is 0.165. The van der Waals surface area contributed by atoms with Crippen molar-refractivity contribution in [2.45, 2.75) is 57.8 Å². The summed E-state index contributed by atoms with van der Waals surface area (Å²) in [5.74, 6) is -1.91. The minimum absolute atomic E-state index is 0.0747. The standard InChI is InChI=1S/C30H30F6O4/c1-2-3-4-5-6-7-14-39-24-17-21(20-10-8-11-23(16-20)29(31,32)33)15-22(18-24)25-12-9-13-26(30(34,35)36)28(25)40-19-27(37)38/h8-13,15-18H,2-7,14,19H2,1H3,(H,37,38). The molecule has 1 N–H and O–H groups in total. The van der Waals surface area contributed by atoms with E-state index in [1.165, 1.54) is 36.4 Å². The Bertz CT molecular complexity index is 1280. The van der Waals surface area contributed by atoms with Crippen LogP contribution in [0.15, 0.2) is 60.7 Å². The average molecular weight is 569 g/mol. The number of para-hydroxylation sites is 1. The lowest BCUT2D eigenvalue weighted by Gasteiger charge is -2.18. The van der Waals surface area contributed by atoms with Gasteiger partial charge in [-0.3, -0.25) is 0 Å². The van der Waals surface area contributed by atoms with Gasteiger partial charge in [0.1, 0.15) is 11.5 Å². The van der Waals surface area contributed by atoms with Crippen molar-refractivity contribution in [1.29, 1.82) is 0 Å². The maximum absolute atomic E-state index is 13.8. The number of alkyl halides is 6. The van der Waals surface area contributed by atoms with Gasteiger partial charge in [0, 0.05) is 5.56 Å². The van der Waals surface area contributed by atoms with Gasteiger partial charge in [0.2, 0.25) is 0 Å². The molecule has 0 bridgehead atoms. The van der Waals surface area contributed by atoms with E-state index in [4.69, 9.17) is 14.6 Å². The zero-order valence-electron chi connectivity index (χ0n) is 21.9. The van der Waals surface area contributed by atoms with Crippen LogP contribution in [-0.2, 0) is 17.1 Å². The van der Waals surface area contributed by atoms with E-state index in [0.717, 1.165) is 62.8 Å². The first kappa shape index (κ1) is 30.8. The van der Waals surface area contributed by atoms with E-state index in [1.807, 2.05) is 0 Å². The molecule has 0 atom stereocenters. The third-order valence-electron chi connectivity index (χ3n) is 6.17. The fraction of sp³-hybridized carbons (Fsp3) is 0.367. The van der Waals surface area contributed by atoms with Crippen LogP contribution < -0.4 is 9.47 Å². The molecule has 3 aromatic carbocycles. The van der Waals surface area contributed by atoms with Crippen LogP contribution >= 0.6 is 0 Å². The summed E-state index contributed by atoms with van der Waals surface area (Å²) < 4.78 is 92.6. The number of aliphatic carboxylic acids is 1. The third kappa shape index (κ3) is 8.66. The fourth-order valence-electron chi connectivity index (χ4n) is 4.23. The number of carbonyl (C=O) groups is 1. The van der Waals surface area contributed by atoms with E-state index < -0.39 is 41.8 Å². The summed E-state index contributed by atoms with van der Waals surface area (Å²) in [7, 11) is 0. The Balaban J connectivity index is 2.07. The molecule has 0 saturated carbocycles. The number of benzene rings is 3. The van der Waals surface area contributed by atoms with Gasteiger partial charge < -0.3 is 14.6 Å². The van der Waals surface area contributed by atoms with Gasteiger partial charge in [-0.25, -0.2) is 4.79 Å². The predicted molar refractivity (Wildman–Crippen MR) is 139 cm³/mol. The van der Waals surface area contributed by atoms with Crippen molar-refractivity contribution >= 4 is 5.97 Å². The number of hydrogen-bond donors (Lipinski definition) is 1. The molecule has 40 heavy (non-hydrogen) atoms. The van der Waals surface area contributed by atoms with E-state index in [2.05, 4.69) is 6.92 Å². The van der Waals surface area contributed by atoms with E-state index in [9.17, 15) is 31.1 Å². The lowest BCUT2D eigenvalue weighted by atomic mass is 9.95. The largest absolute Gasteiger partial charge is 0.494 e. The number of ether oxygens (including phenoxy) is 2. The Morgan fingerprint density at radius 3 is 2.10 bits per heavy atom. The van der Waals surface area contributed by atoms with Gasteiger partial charge in [-0.15, -0.1) is 0 Å². The Morgan fingerprint density at radius 1 is 0.750 bits per heavy atom. The smallest absolute Gasteiger partial charge is 0.419 e. The van der Waals surface area contributed by atoms with Crippen LogP contribution in [0, 0.1) is 0 Å². The van der Waals surface area contributed by atoms with Crippen molar-refractivity contribution in [2.75, 3.05) is 13.2 Å². The summed E-state index contributed by atoms with van der Waals surface area (Å²) in [6.07, 6.45) is -3.43. The summed E-state index contributed by atoms with van der Waals surface area (Å²) in [6.45, 7) is 1.40. The van der Waals surface area contributed by atoms with Crippen molar-refractivity contribution in [3.05, 3.63) is 71.8 Å². The Kier molecular flexibility index (Phi) is 10.5. The minimum Gasteiger partial charge on any atom is -0.494 e. The maximum atomic E-state index is 13.8. The Morgan fingerprint density at radius 2 is 1.43 bits per heavy atom. The molecule has 3 aromatic rings. The highest BCUT2D eigenvalue weighted by Crippen LogP contribution is 2.44. The van der Waals surface area contributed by atoms with E-state index in [0.29, 0.717) is 6.61 Å². The number of carboxylic acids is 1. The van der Waals surface area contributed by atoms with E-state index in [-0.39, 0.29) is 28.0 Å². The molecule has 0 aromatic heterocycles. The van der Waals surface area contributed by atoms with Crippen molar-refractivity contribution < 1.29 is 45.7 Å². The highest BCUT2D eigenvalue weighted by Gasteiger charge is 2.36. The monoisotopic (exact) mass is 568 g/mol. The highest BCUT2D eigenvalue weighted by molar-refractivity contribution is 5.80. The first-order valence-electron chi connectivity index (χ1n) is 12.9. The molecule has 0 heterocycles. The van der Waals surface area contributed by atoms with Crippen LogP contribution in [0.2, 0.25) is 0 Å². The summed E-state index contributed by atoms with van der Waals surface area (Å²) in [4.78, 5) is 11.1. The van der Waals surface area contributed by atoms with Crippen LogP contribution in [0.4, 0.5) is 26.3 Å². The molecule has 0 radical (unpaired) electrons. The van der Waals surface area contributed by atoms with Crippen LogP contribution in [0.5, 0.6) is 11.5 Å². The van der Waals surface area contributed by atoms with Crippen LogP contribution in [0.25, 0.3) is 22.3 Å². The van der Waals surface area contributed by atoms with Crippen LogP contribution in [0.3, 0.4) is 0 Å². The van der Waals surface area contributed by atoms with Gasteiger partial charge in [-0.2, -0.15) is 26.3 Å². The second-order valence-electron chi connectivity index (χ2n) is 9.30. The molecule has 0 aliphatic carbocycles. The van der Waals surface area contributed by atoms with E-state index >= 15 is 0 Å². The molecule has 10 heteroatoms. The normalized spacial score (nSPS) is 11.9. The number of unbranched alkanes of at least 4 members (excludes halogenated alkanes) is 5. The first-order chi connectivity index (χ1) is 18.9. The highest BCUT2D eigenvalue weighted by atomic mass is 19.4. The average Bonchev–Trinajstić information content (AvgIpc) is 2.90. The SMILES string of the molecule is CCCCCCCCOc1cc(-c2cccc(C(F)(F)F)c2)cc(-c2cccc(C(F)(F)F)c2OCC(=O)O)c1. The number of hydrogen-bond acceptors (Lipinski definition) is 3. The molecular formula is C30H30F6O4. The van der Waals surface area contributed by atoms with Crippen LogP contribution in [0.1, 0.15) is 56.6 Å². The summed E-state index contributed by atoms with van der Waals surface area (Å²) in [6, 6.07) is 12.3. The Hall–Kier alpha value is -3.69. The fourth-order valence-corrected chi connectivity index (χ4v) is 4.23. The molecule has 3 rings (SSSR count). The van der Waals surface area contributed by atoms with Crippen molar-refractivity contribution in [3.8, 4) is 33.8 Å². The van der Waals surface area contributed by atoms with Gasteiger partial charge in [0.05, 0.1) is 17.7 Å². The molecule has 0 fully saturated rings.